The Morgan fingerprint density at radius 2 is 2.25 bits per heavy atom. The van der Waals surface area contributed by atoms with Gasteiger partial charge in [-0.05, 0) is 53.6 Å². The SMILES string of the molecule is COc1c(I)cc(C)c2c1C(=O)O[C@H](C)C2. The summed E-state index contributed by atoms with van der Waals surface area (Å²) >= 11 is 2.17. The van der Waals surface area contributed by atoms with Crippen LogP contribution in [-0.4, -0.2) is 19.2 Å². The van der Waals surface area contributed by atoms with Gasteiger partial charge in [0.1, 0.15) is 17.4 Å². The minimum absolute atomic E-state index is 0.0523. The maximum Gasteiger partial charge on any atom is 0.342 e. The van der Waals surface area contributed by atoms with Crippen molar-refractivity contribution in [3.63, 3.8) is 0 Å². The number of hydrogen-bond acceptors (Lipinski definition) is 3. The normalized spacial score (nSPS) is 19.0. The van der Waals surface area contributed by atoms with Gasteiger partial charge in [-0.3, -0.25) is 0 Å². The van der Waals surface area contributed by atoms with Crippen LogP contribution in [0.15, 0.2) is 6.07 Å². The van der Waals surface area contributed by atoms with E-state index in [4.69, 9.17) is 9.47 Å². The highest BCUT2D eigenvalue weighted by Gasteiger charge is 2.29. The van der Waals surface area contributed by atoms with Crippen LogP contribution in [0.3, 0.4) is 0 Å². The summed E-state index contributed by atoms with van der Waals surface area (Å²) < 4.78 is 11.5. The highest BCUT2D eigenvalue weighted by atomic mass is 127. The van der Waals surface area contributed by atoms with Gasteiger partial charge in [0.25, 0.3) is 0 Å². The van der Waals surface area contributed by atoms with Crippen LogP contribution < -0.4 is 4.74 Å². The summed E-state index contributed by atoms with van der Waals surface area (Å²) in [5.74, 6) is 0.366. The van der Waals surface area contributed by atoms with Crippen molar-refractivity contribution in [2.45, 2.75) is 26.4 Å². The third-order valence-electron chi connectivity index (χ3n) is 2.77. The average molecular weight is 332 g/mol. The second-order valence-electron chi connectivity index (χ2n) is 3.98. The zero-order valence-electron chi connectivity index (χ0n) is 9.46. The second-order valence-corrected chi connectivity index (χ2v) is 5.14. The van der Waals surface area contributed by atoms with Crippen molar-refractivity contribution in [3.8, 4) is 5.75 Å². The summed E-state index contributed by atoms with van der Waals surface area (Å²) in [6.07, 6.45) is 0.712. The number of esters is 1. The van der Waals surface area contributed by atoms with E-state index in [9.17, 15) is 4.79 Å². The van der Waals surface area contributed by atoms with Crippen LogP contribution in [0.5, 0.6) is 5.75 Å². The van der Waals surface area contributed by atoms with Crippen LogP contribution in [0.4, 0.5) is 0 Å². The average Bonchev–Trinajstić information content (AvgIpc) is 2.20. The molecule has 1 atom stereocenters. The predicted octanol–water partition coefficient (Wildman–Crippen LogP) is 2.71. The molecule has 1 aromatic rings. The van der Waals surface area contributed by atoms with Gasteiger partial charge < -0.3 is 9.47 Å². The lowest BCUT2D eigenvalue weighted by molar-refractivity contribution is 0.0295. The number of carbonyl (C=O) groups excluding carboxylic acids is 1. The molecule has 0 spiro atoms. The third kappa shape index (κ3) is 1.79. The smallest absolute Gasteiger partial charge is 0.342 e. The number of benzene rings is 1. The molecule has 86 valence electrons. The molecule has 1 heterocycles. The molecule has 1 aromatic carbocycles. The monoisotopic (exact) mass is 332 g/mol. The number of halogens is 1. The summed E-state index contributed by atoms with van der Waals surface area (Å²) in [6.45, 7) is 3.93. The van der Waals surface area contributed by atoms with Crippen LogP contribution in [0, 0.1) is 10.5 Å². The maximum absolute atomic E-state index is 11.9. The Morgan fingerprint density at radius 3 is 2.88 bits per heavy atom. The Labute approximate surface area is 108 Å². The first-order chi connectivity index (χ1) is 7.54. The number of methoxy groups -OCH3 is 1. The standard InChI is InChI=1S/C12H13IO3/c1-6-4-9(13)11(15-3)10-8(6)5-7(2)16-12(10)14/h4,7H,5H2,1-3H3/t7-/m1/s1. The van der Waals surface area contributed by atoms with E-state index >= 15 is 0 Å². The fourth-order valence-corrected chi connectivity index (χ4v) is 3.00. The van der Waals surface area contributed by atoms with Crippen LogP contribution in [0.2, 0.25) is 0 Å². The van der Waals surface area contributed by atoms with Gasteiger partial charge in [-0.1, -0.05) is 0 Å². The van der Waals surface area contributed by atoms with Crippen molar-refractivity contribution in [1.82, 2.24) is 0 Å². The minimum atomic E-state index is -0.271. The van der Waals surface area contributed by atoms with Gasteiger partial charge in [-0.2, -0.15) is 0 Å². The van der Waals surface area contributed by atoms with E-state index in [2.05, 4.69) is 22.6 Å². The quantitative estimate of drug-likeness (QED) is 0.586. The van der Waals surface area contributed by atoms with Crippen molar-refractivity contribution in [3.05, 3.63) is 26.3 Å². The molecule has 0 aliphatic carbocycles. The second kappa shape index (κ2) is 4.24. The molecule has 0 saturated heterocycles. The fraction of sp³-hybridized carbons (Fsp3) is 0.417. The summed E-state index contributed by atoms with van der Waals surface area (Å²) in [6, 6.07) is 2.05. The first-order valence-electron chi connectivity index (χ1n) is 5.11. The summed E-state index contributed by atoms with van der Waals surface area (Å²) in [5, 5.41) is 0. The summed E-state index contributed by atoms with van der Waals surface area (Å²) in [5.41, 5.74) is 2.79. The van der Waals surface area contributed by atoms with E-state index in [0.29, 0.717) is 11.3 Å². The maximum atomic E-state index is 11.9. The fourth-order valence-electron chi connectivity index (χ4n) is 2.05. The molecule has 4 heteroatoms. The Morgan fingerprint density at radius 1 is 1.56 bits per heavy atom. The molecular weight excluding hydrogens is 319 g/mol. The van der Waals surface area contributed by atoms with Crippen LogP contribution in [0.1, 0.15) is 28.4 Å². The summed E-state index contributed by atoms with van der Waals surface area (Å²) in [4.78, 5) is 11.9. The van der Waals surface area contributed by atoms with Gasteiger partial charge in [0, 0.05) is 6.42 Å². The Kier molecular flexibility index (Phi) is 3.10. The van der Waals surface area contributed by atoms with Crippen molar-refractivity contribution < 1.29 is 14.3 Å². The highest BCUT2D eigenvalue weighted by Crippen LogP contribution is 2.35. The number of carbonyl (C=O) groups is 1. The van der Waals surface area contributed by atoms with E-state index < -0.39 is 0 Å². The number of ether oxygens (including phenoxy) is 2. The van der Waals surface area contributed by atoms with Gasteiger partial charge in [-0.25, -0.2) is 4.79 Å². The van der Waals surface area contributed by atoms with Crippen LogP contribution in [0.25, 0.3) is 0 Å². The number of cyclic esters (lactones) is 1. The molecule has 0 N–H and O–H groups in total. The van der Waals surface area contributed by atoms with Crippen molar-refractivity contribution in [1.29, 1.82) is 0 Å². The van der Waals surface area contributed by atoms with E-state index in [0.717, 1.165) is 21.1 Å². The van der Waals surface area contributed by atoms with Crippen LogP contribution >= 0.6 is 22.6 Å². The van der Waals surface area contributed by atoms with Gasteiger partial charge >= 0.3 is 5.97 Å². The first-order valence-corrected chi connectivity index (χ1v) is 6.19. The molecular formula is C12H13IO3. The zero-order chi connectivity index (χ0) is 11.9. The number of fused-ring (bicyclic) bond motifs is 1. The molecule has 0 fully saturated rings. The molecule has 1 aliphatic rings. The molecule has 0 saturated carbocycles. The molecule has 0 radical (unpaired) electrons. The summed E-state index contributed by atoms with van der Waals surface area (Å²) in [7, 11) is 1.58. The molecule has 2 rings (SSSR count). The van der Waals surface area contributed by atoms with E-state index in [1.165, 1.54) is 0 Å². The van der Waals surface area contributed by atoms with E-state index in [-0.39, 0.29) is 12.1 Å². The van der Waals surface area contributed by atoms with Gasteiger partial charge in [-0.15, -0.1) is 0 Å². The number of rotatable bonds is 1. The van der Waals surface area contributed by atoms with E-state index in [1.54, 1.807) is 7.11 Å². The molecule has 16 heavy (non-hydrogen) atoms. The van der Waals surface area contributed by atoms with Gasteiger partial charge in [0.15, 0.2) is 0 Å². The van der Waals surface area contributed by atoms with Crippen molar-refractivity contribution in [2.75, 3.05) is 7.11 Å². The lowest BCUT2D eigenvalue weighted by Crippen LogP contribution is -2.26. The molecule has 0 bridgehead atoms. The third-order valence-corrected chi connectivity index (χ3v) is 3.57. The van der Waals surface area contributed by atoms with Crippen molar-refractivity contribution in [2.24, 2.45) is 0 Å². The Hall–Kier alpha value is -0.780. The molecule has 0 aromatic heterocycles. The lowest BCUT2D eigenvalue weighted by atomic mass is 9.94. The Balaban J connectivity index is 2.69. The van der Waals surface area contributed by atoms with Crippen molar-refractivity contribution >= 4 is 28.6 Å². The molecule has 0 unspecified atom stereocenters. The zero-order valence-corrected chi connectivity index (χ0v) is 11.6. The largest absolute Gasteiger partial charge is 0.495 e. The predicted molar refractivity (Wildman–Crippen MR) is 69.0 cm³/mol. The molecule has 0 amide bonds. The molecule has 1 aliphatic heterocycles. The first kappa shape index (κ1) is 11.7. The van der Waals surface area contributed by atoms with Gasteiger partial charge in [0.05, 0.1) is 10.7 Å². The number of hydrogen-bond donors (Lipinski definition) is 0. The number of aryl methyl sites for hydroxylation is 1. The van der Waals surface area contributed by atoms with Crippen LogP contribution in [-0.2, 0) is 11.2 Å². The minimum Gasteiger partial charge on any atom is -0.495 e. The molecule has 3 nitrogen and oxygen atoms in total. The highest BCUT2D eigenvalue weighted by molar-refractivity contribution is 14.1. The lowest BCUT2D eigenvalue weighted by Gasteiger charge is -2.25. The Bertz CT molecular complexity index is 454. The van der Waals surface area contributed by atoms with Gasteiger partial charge in [0.2, 0.25) is 0 Å². The van der Waals surface area contributed by atoms with E-state index in [1.807, 2.05) is 19.9 Å². The topological polar surface area (TPSA) is 35.5 Å².